The van der Waals surface area contributed by atoms with Gasteiger partial charge in [-0.1, -0.05) is 18.2 Å². The Kier molecular flexibility index (Phi) is 5.41. The van der Waals surface area contributed by atoms with Gasteiger partial charge in [0.1, 0.15) is 0 Å². The molecule has 0 saturated carbocycles. The molecule has 0 aromatic heterocycles. The Labute approximate surface area is 120 Å². The zero-order chi connectivity index (χ0) is 14.4. The number of hydrogen-bond donors (Lipinski definition) is 1. The minimum Gasteiger partial charge on any atom is -0.399 e. The second-order valence-corrected chi connectivity index (χ2v) is 5.56. The van der Waals surface area contributed by atoms with Crippen LogP contribution in [0.5, 0.6) is 0 Å². The molecule has 4 heteroatoms. The summed E-state index contributed by atoms with van der Waals surface area (Å²) < 4.78 is 5.45. The molecule has 1 aliphatic heterocycles. The molecular formula is C16H24N2O2. The van der Waals surface area contributed by atoms with E-state index in [-0.39, 0.29) is 5.91 Å². The van der Waals surface area contributed by atoms with Gasteiger partial charge in [-0.15, -0.1) is 0 Å². The number of carbonyl (C=O) groups is 1. The lowest BCUT2D eigenvalue weighted by molar-refractivity contribution is -0.131. The van der Waals surface area contributed by atoms with Crippen LogP contribution in [0.4, 0.5) is 5.69 Å². The van der Waals surface area contributed by atoms with Crippen molar-refractivity contribution in [2.45, 2.75) is 25.7 Å². The summed E-state index contributed by atoms with van der Waals surface area (Å²) in [7, 11) is 1.88. The first kappa shape index (κ1) is 14.9. The maximum absolute atomic E-state index is 12.1. The highest BCUT2D eigenvalue weighted by atomic mass is 16.5. The lowest BCUT2D eigenvalue weighted by atomic mass is 10.0. The first-order valence-electron chi connectivity index (χ1n) is 7.32. The Balaban J connectivity index is 1.77. The molecule has 0 aliphatic carbocycles. The fourth-order valence-corrected chi connectivity index (χ4v) is 2.63. The predicted octanol–water partition coefficient (Wildman–Crippen LogP) is 2.09. The lowest BCUT2D eigenvalue weighted by Gasteiger charge is -2.27. The summed E-state index contributed by atoms with van der Waals surface area (Å²) in [6.07, 6.45) is 3.48. The third kappa shape index (κ3) is 4.23. The van der Waals surface area contributed by atoms with Crippen molar-refractivity contribution in [3.05, 3.63) is 29.8 Å². The summed E-state index contributed by atoms with van der Waals surface area (Å²) in [6, 6.07) is 7.73. The number of nitrogen functional groups attached to an aromatic ring is 1. The number of ether oxygens (including phenoxy) is 1. The second-order valence-electron chi connectivity index (χ2n) is 5.56. The number of nitrogens with two attached hydrogens (primary N) is 1. The molecule has 1 unspecified atom stereocenters. The van der Waals surface area contributed by atoms with Crippen LogP contribution in [0.15, 0.2) is 24.3 Å². The van der Waals surface area contributed by atoms with Crippen molar-refractivity contribution in [2.24, 2.45) is 5.92 Å². The van der Waals surface area contributed by atoms with Gasteiger partial charge in [0.05, 0.1) is 6.61 Å². The Hall–Kier alpha value is -1.55. The van der Waals surface area contributed by atoms with Crippen LogP contribution in [0, 0.1) is 5.92 Å². The number of anilines is 1. The molecule has 1 atom stereocenters. The van der Waals surface area contributed by atoms with Crippen molar-refractivity contribution in [1.29, 1.82) is 0 Å². The smallest absolute Gasteiger partial charge is 0.222 e. The molecule has 2 N–H and O–H groups in total. The number of rotatable bonds is 5. The normalized spacial score (nSPS) is 18.8. The highest BCUT2D eigenvalue weighted by Gasteiger charge is 2.18. The molecular weight excluding hydrogens is 252 g/mol. The number of benzene rings is 1. The molecule has 1 aromatic rings. The molecule has 1 heterocycles. The van der Waals surface area contributed by atoms with E-state index in [1.165, 1.54) is 0 Å². The van der Waals surface area contributed by atoms with Crippen molar-refractivity contribution >= 4 is 11.6 Å². The van der Waals surface area contributed by atoms with Crippen LogP contribution in [0.1, 0.15) is 24.8 Å². The number of hydrogen-bond acceptors (Lipinski definition) is 3. The molecule has 0 spiro atoms. The number of nitrogens with zero attached hydrogens (tertiary/aromatic N) is 1. The van der Waals surface area contributed by atoms with Crippen LogP contribution in [-0.2, 0) is 16.0 Å². The van der Waals surface area contributed by atoms with E-state index in [2.05, 4.69) is 0 Å². The van der Waals surface area contributed by atoms with E-state index in [4.69, 9.17) is 10.5 Å². The summed E-state index contributed by atoms with van der Waals surface area (Å²) in [5.74, 6) is 0.665. The van der Waals surface area contributed by atoms with Crippen LogP contribution < -0.4 is 5.73 Å². The maximum atomic E-state index is 12.1. The SMILES string of the molecule is CN(CC1CCCOC1)C(=O)CCc1ccccc1N. The second kappa shape index (κ2) is 7.29. The van der Waals surface area contributed by atoms with Gasteiger partial charge in [-0.2, -0.15) is 0 Å². The van der Waals surface area contributed by atoms with Crippen molar-refractivity contribution in [1.82, 2.24) is 4.90 Å². The first-order valence-corrected chi connectivity index (χ1v) is 7.32. The molecule has 1 fully saturated rings. The molecule has 1 aromatic carbocycles. The number of para-hydroxylation sites is 1. The summed E-state index contributed by atoms with van der Waals surface area (Å²) >= 11 is 0. The summed E-state index contributed by atoms with van der Waals surface area (Å²) in [4.78, 5) is 14.0. The van der Waals surface area contributed by atoms with Gasteiger partial charge in [0, 0.05) is 32.3 Å². The quantitative estimate of drug-likeness (QED) is 0.838. The summed E-state index contributed by atoms with van der Waals surface area (Å²) in [5.41, 5.74) is 7.71. The standard InChI is InChI=1S/C16H24N2O2/c1-18(11-13-5-4-10-20-12-13)16(19)9-8-14-6-2-3-7-15(14)17/h2-3,6-7,13H,4-5,8-12,17H2,1H3. The fourth-order valence-electron chi connectivity index (χ4n) is 2.63. The van der Waals surface area contributed by atoms with E-state index < -0.39 is 0 Å². The van der Waals surface area contributed by atoms with E-state index in [9.17, 15) is 4.79 Å². The highest BCUT2D eigenvalue weighted by Crippen LogP contribution is 2.16. The topological polar surface area (TPSA) is 55.6 Å². The zero-order valence-corrected chi connectivity index (χ0v) is 12.2. The van der Waals surface area contributed by atoms with Gasteiger partial charge in [0.2, 0.25) is 5.91 Å². The minimum absolute atomic E-state index is 0.179. The molecule has 1 saturated heterocycles. The minimum atomic E-state index is 0.179. The molecule has 2 rings (SSSR count). The number of aryl methyl sites for hydroxylation is 1. The van der Waals surface area contributed by atoms with Crippen molar-refractivity contribution < 1.29 is 9.53 Å². The van der Waals surface area contributed by atoms with Crippen LogP contribution in [0.25, 0.3) is 0 Å². The Morgan fingerprint density at radius 3 is 2.95 bits per heavy atom. The zero-order valence-electron chi connectivity index (χ0n) is 12.2. The first-order chi connectivity index (χ1) is 9.66. The van der Waals surface area contributed by atoms with Crippen molar-refractivity contribution in [3.8, 4) is 0 Å². The van der Waals surface area contributed by atoms with Crippen LogP contribution in [0.3, 0.4) is 0 Å². The van der Waals surface area contributed by atoms with Crippen LogP contribution >= 0.6 is 0 Å². The molecule has 20 heavy (non-hydrogen) atoms. The molecule has 0 bridgehead atoms. The number of carbonyl (C=O) groups excluding carboxylic acids is 1. The monoisotopic (exact) mass is 276 g/mol. The molecule has 4 nitrogen and oxygen atoms in total. The van der Waals surface area contributed by atoms with E-state index in [1.807, 2.05) is 36.2 Å². The fraction of sp³-hybridized carbons (Fsp3) is 0.562. The van der Waals surface area contributed by atoms with E-state index >= 15 is 0 Å². The van der Waals surface area contributed by atoms with Gasteiger partial charge in [-0.3, -0.25) is 4.79 Å². The third-order valence-electron chi connectivity index (χ3n) is 3.88. The van der Waals surface area contributed by atoms with Crippen LogP contribution in [0.2, 0.25) is 0 Å². The van der Waals surface area contributed by atoms with Gasteiger partial charge in [0.15, 0.2) is 0 Å². The average molecular weight is 276 g/mol. The van der Waals surface area contributed by atoms with Gasteiger partial charge in [0.25, 0.3) is 0 Å². The Morgan fingerprint density at radius 2 is 2.25 bits per heavy atom. The van der Waals surface area contributed by atoms with Gasteiger partial charge >= 0.3 is 0 Å². The lowest BCUT2D eigenvalue weighted by Crippen LogP contribution is -2.35. The summed E-state index contributed by atoms with van der Waals surface area (Å²) in [6.45, 7) is 2.44. The number of amides is 1. The van der Waals surface area contributed by atoms with Crippen molar-refractivity contribution in [2.75, 3.05) is 32.5 Å². The van der Waals surface area contributed by atoms with E-state index in [0.717, 1.165) is 43.9 Å². The Morgan fingerprint density at radius 1 is 1.45 bits per heavy atom. The molecule has 1 aliphatic rings. The van der Waals surface area contributed by atoms with Crippen molar-refractivity contribution in [3.63, 3.8) is 0 Å². The van der Waals surface area contributed by atoms with Crippen LogP contribution in [-0.4, -0.2) is 37.6 Å². The molecule has 110 valence electrons. The van der Waals surface area contributed by atoms with E-state index in [1.54, 1.807) is 0 Å². The Bertz CT molecular complexity index is 442. The predicted molar refractivity (Wildman–Crippen MR) is 80.4 cm³/mol. The molecule has 0 radical (unpaired) electrons. The largest absolute Gasteiger partial charge is 0.399 e. The summed E-state index contributed by atoms with van der Waals surface area (Å²) in [5, 5.41) is 0. The average Bonchev–Trinajstić information content (AvgIpc) is 2.47. The highest BCUT2D eigenvalue weighted by molar-refractivity contribution is 5.76. The molecule has 1 amide bonds. The van der Waals surface area contributed by atoms with E-state index in [0.29, 0.717) is 18.8 Å². The maximum Gasteiger partial charge on any atom is 0.222 e. The van der Waals surface area contributed by atoms with Gasteiger partial charge < -0.3 is 15.4 Å². The third-order valence-corrected chi connectivity index (χ3v) is 3.88. The van der Waals surface area contributed by atoms with Gasteiger partial charge in [-0.05, 0) is 36.8 Å². The van der Waals surface area contributed by atoms with Gasteiger partial charge in [-0.25, -0.2) is 0 Å².